The van der Waals surface area contributed by atoms with Crippen LogP contribution in [0.1, 0.15) is 38.5 Å². The molecule has 0 spiro atoms. The van der Waals surface area contributed by atoms with Gasteiger partial charge >= 0.3 is 5.91 Å². The van der Waals surface area contributed by atoms with Crippen LogP contribution in [0.5, 0.6) is 17.2 Å². The highest BCUT2D eigenvalue weighted by molar-refractivity contribution is 6.13. The molecule has 3 aromatic rings. The number of ether oxygens (including phenoxy) is 1. The maximum Gasteiger partial charge on any atom is 0.307 e. The summed E-state index contributed by atoms with van der Waals surface area (Å²) in [5.74, 6) is -0.743. The number of hydrogen-bond acceptors (Lipinski definition) is 8. The first-order valence-electron chi connectivity index (χ1n) is 10.3. The molecule has 0 aliphatic heterocycles. The lowest BCUT2D eigenvalue weighted by molar-refractivity contribution is -0.113. The molecular weight excluding hydrogens is 452 g/mol. The zero-order valence-corrected chi connectivity index (χ0v) is 18.7. The Hall–Kier alpha value is -4.92. The largest absolute Gasteiger partial charge is 0.507 e. The Morgan fingerprint density at radius 3 is 2.43 bits per heavy atom. The molecule has 0 unspecified atom stereocenters. The zero-order chi connectivity index (χ0) is 25.2. The van der Waals surface area contributed by atoms with Gasteiger partial charge in [0.25, 0.3) is 0 Å². The molecule has 3 N–H and O–H groups in total. The number of nitrogens with zero attached hydrogens (tertiary/aromatic N) is 1. The second-order valence-corrected chi connectivity index (χ2v) is 7.20. The third-order valence-electron chi connectivity index (χ3n) is 4.71. The summed E-state index contributed by atoms with van der Waals surface area (Å²) in [6.07, 6.45) is 7.72. The van der Waals surface area contributed by atoms with Crippen molar-refractivity contribution in [2.24, 2.45) is 5.10 Å². The molecule has 0 aliphatic carbocycles. The van der Waals surface area contributed by atoms with Crippen molar-refractivity contribution in [2.75, 3.05) is 7.11 Å². The number of aldehydes is 1. The summed E-state index contributed by atoms with van der Waals surface area (Å²) in [7, 11) is 1.43. The van der Waals surface area contributed by atoms with Crippen molar-refractivity contribution in [2.45, 2.75) is 6.42 Å². The third-order valence-corrected chi connectivity index (χ3v) is 4.71. The zero-order valence-electron chi connectivity index (χ0n) is 18.7. The molecule has 0 saturated carbocycles. The van der Waals surface area contributed by atoms with Gasteiger partial charge in [-0.05, 0) is 59.7 Å². The van der Waals surface area contributed by atoms with E-state index in [2.05, 4.69) is 10.5 Å². The average molecular weight is 474 g/mol. The quantitative estimate of drug-likeness (QED) is 0.175. The van der Waals surface area contributed by atoms with Crippen LogP contribution in [0.4, 0.5) is 0 Å². The number of rotatable bonds is 10. The summed E-state index contributed by atoms with van der Waals surface area (Å²) in [5.41, 5.74) is 3.91. The highest BCUT2D eigenvalue weighted by Crippen LogP contribution is 2.26. The summed E-state index contributed by atoms with van der Waals surface area (Å²) in [6.45, 7) is 0. The minimum Gasteiger partial charge on any atom is -0.507 e. The molecule has 0 bridgehead atoms. The minimum absolute atomic E-state index is 0.0171. The smallest absolute Gasteiger partial charge is 0.307 e. The van der Waals surface area contributed by atoms with Gasteiger partial charge in [0.2, 0.25) is 0 Å². The van der Waals surface area contributed by atoms with Gasteiger partial charge in [-0.3, -0.25) is 14.4 Å². The molecule has 178 valence electrons. The van der Waals surface area contributed by atoms with Crippen LogP contribution in [0.2, 0.25) is 0 Å². The number of phenolic OH excluding ortho intramolecular Hbond substituents is 2. The topological polar surface area (TPSA) is 138 Å². The lowest BCUT2D eigenvalue weighted by Crippen LogP contribution is -2.19. The van der Waals surface area contributed by atoms with Crippen molar-refractivity contribution < 1.29 is 33.8 Å². The predicted octanol–water partition coefficient (Wildman–Crippen LogP) is 3.98. The van der Waals surface area contributed by atoms with Gasteiger partial charge in [-0.25, -0.2) is 5.43 Å². The fraction of sp³-hybridized carbons (Fsp3) is 0.0769. The van der Waals surface area contributed by atoms with E-state index in [1.807, 2.05) is 0 Å². The first-order valence-corrected chi connectivity index (χ1v) is 10.3. The summed E-state index contributed by atoms with van der Waals surface area (Å²) < 4.78 is 10.1. The van der Waals surface area contributed by atoms with Crippen LogP contribution in [0.15, 0.2) is 76.5 Å². The van der Waals surface area contributed by atoms with Crippen molar-refractivity contribution in [1.29, 1.82) is 0 Å². The first-order chi connectivity index (χ1) is 16.9. The van der Waals surface area contributed by atoms with E-state index >= 15 is 0 Å². The number of aromatic hydroxyl groups is 2. The van der Waals surface area contributed by atoms with Crippen molar-refractivity contribution in [1.82, 2.24) is 5.43 Å². The molecule has 0 radical (unpaired) electrons. The molecule has 9 heteroatoms. The minimum atomic E-state index is -0.583. The van der Waals surface area contributed by atoms with Crippen molar-refractivity contribution in [3.8, 4) is 17.2 Å². The predicted molar refractivity (Wildman–Crippen MR) is 129 cm³/mol. The third kappa shape index (κ3) is 7.03. The Bertz CT molecular complexity index is 1310. The molecule has 0 aliphatic rings. The molecular formula is C26H22N2O7. The number of methoxy groups -OCH3 is 1. The summed E-state index contributed by atoms with van der Waals surface area (Å²) in [5, 5.41) is 23.4. The molecule has 9 nitrogen and oxygen atoms in total. The van der Waals surface area contributed by atoms with Gasteiger partial charge < -0.3 is 19.4 Å². The van der Waals surface area contributed by atoms with E-state index < -0.39 is 5.91 Å². The second-order valence-electron chi connectivity index (χ2n) is 7.20. The highest BCUT2D eigenvalue weighted by atomic mass is 16.5. The Labute approximate surface area is 200 Å². The van der Waals surface area contributed by atoms with Crippen LogP contribution in [-0.2, 0) is 4.79 Å². The van der Waals surface area contributed by atoms with E-state index in [1.54, 1.807) is 36.4 Å². The number of ketones is 1. The maximum absolute atomic E-state index is 12.6. The van der Waals surface area contributed by atoms with Gasteiger partial charge in [0.15, 0.2) is 29.3 Å². The molecule has 3 rings (SSSR count). The highest BCUT2D eigenvalue weighted by Gasteiger charge is 2.09. The molecule has 0 fully saturated rings. The number of carbonyl (C=O) groups excluding carboxylic acids is 3. The molecule has 1 aromatic heterocycles. The van der Waals surface area contributed by atoms with E-state index in [1.165, 1.54) is 49.8 Å². The van der Waals surface area contributed by atoms with E-state index in [9.17, 15) is 24.6 Å². The Kier molecular flexibility index (Phi) is 8.33. The SMILES string of the molecule is COc1cc(/C=C/C(CC(=O)/C=C/c2ccc(O)c(C=O)c2)=N\NC(=O)c2ccco2)ccc1O. The van der Waals surface area contributed by atoms with Crippen LogP contribution >= 0.6 is 0 Å². The van der Waals surface area contributed by atoms with Crippen molar-refractivity contribution in [3.63, 3.8) is 0 Å². The monoisotopic (exact) mass is 474 g/mol. The fourth-order valence-electron chi connectivity index (χ4n) is 2.91. The number of furan rings is 1. The lowest BCUT2D eigenvalue weighted by Gasteiger charge is -2.04. The average Bonchev–Trinajstić information content (AvgIpc) is 3.41. The molecule has 1 amide bonds. The van der Waals surface area contributed by atoms with Crippen LogP contribution in [0, 0.1) is 0 Å². The van der Waals surface area contributed by atoms with E-state index in [-0.39, 0.29) is 46.5 Å². The molecule has 1 heterocycles. The lowest BCUT2D eigenvalue weighted by atomic mass is 10.1. The van der Waals surface area contributed by atoms with Crippen LogP contribution in [-0.4, -0.2) is 41.0 Å². The van der Waals surface area contributed by atoms with Crippen molar-refractivity contribution >= 4 is 35.8 Å². The number of hydrogen-bond donors (Lipinski definition) is 3. The van der Waals surface area contributed by atoms with Crippen LogP contribution < -0.4 is 10.2 Å². The van der Waals surface area contributed by atoms with E-state index in [0.717, 1.165) is 0 Å². The van der Waals surface area contributed by atoms with E-state index in [0.29, 0.717) is 17.4 Å². The van der Waals surface area contributed by atoms with E-state index in [4.69, 9.17) is 9.15 Å². The standard InChI is InChI=1S/C26H22N2O7/c1-34-25-14-18(7-11-23(25)32)4-8-20(27-28-26(33)24-3-2-12-35-24)15-21(30)9-5-17-6-10-22(31)19(13-17)16-29/h2-14,16,31-32H,15H2,1H3,(H,28,33)/b8-4+,9-5+,27-20+. The number of benzene rings is 2. The molecule has 35 heavy (non-hydrogen) atoms. The van der Waals surface area contributed by atoms with Gasteiger partial charge in [0.05, 0.1) is 31.1 Å². The van der Waals surface area contributed by atoms with Gasteiger partial charge in [0, 0.05) is 0 Å². The van der Waals surface area contributed by atoms with Gasteiger partial charge in [-0.15, -0.1) is 0 Å². The Balaban J connectivity index is 1.78. The number of amides is 1. The number of phenols is 2. The summed E-state index contributed by atoms with van der Waals surface area (Å²) >= 11 is 0. The second kappa shape index (κ2) is 11.8. The number of nitrogens with one attached hydrogen (secondary N) is 1. The van der Waals surface area contributed by atoms with Crippen molar-refractivity contribution in [3.05, 3.63) is 89.4 Å². The Morgan fingerprint density at radius 1 is 1.03 bits per heavy atom. The van der Waals surface area contributed by atoms with Crippen LogP contribution in [0.3, 0.4) is 0 Å². The summed E-state index contributed by atoms with van der Waals surface area (Å²) in [4.78, 5) is 35.7. The summed E-state index contributed by atoms with van der Waals surface area (Å²) in [6, 6.07) is 12.1. The number of hydrazone groups is 1. The molecule has 0 saturated heterocycles. The maximum atomic E-state index is 12.6. The van der Waals surface area contributed by atoms with Gasteiger partial charge in [-0.2, -0.15) is 5.10 Å². The van der Waals surface area contributed by atoms with Crippen LogP contribution in [0.25, 0.3) is 12.2 Å². The van der Waals surface area contributed by atoms with Gasteiger partial charge in [-0.1, -0.05) is 24.3 Å². The molecule has 2 aromatic carbocycles. The number of carbonyl (C=O) groups is 3. The molecule has 0 atom stereocenters. The van der Waals surface area contributed by atoms with Gasteiger partial charge in [0.1, 0.15) is 5.75 Å². The first kappa shape index (κ1) is 24.7. The number of allylic oxidation sites excluding steroid dienone is 2. The fourth-order valence-corrected chi connectivity index (χ4v) is 2.91. The Morgan fingerprint density at radius 2 is 1.74 bits per heavy atom. The normalized spacial score (nSPS) is 11.6.